The van der Waals surface area contributed by atoms with Crippen LogP contribution in [0, 0.1) is 0 Å². The van der Waals surface area contributed by atoms with E-state index in [1.165, 1.54) is 0 Å². The van der Waals surface area contributed by atoms with Crippen LogP contribution in [-0.4, -0.2) is 17.9 Å². The minimum Gasteiger partial charge on any atom is -0.305 e. The van der Waals surface area contributed by atoms with Gasteiger partial charge in [0.2, 0.25) is 0 Å². The largest absolute Gasteiger partial charge is 0.305 e. The van der Waals surface area contributed by atoms with Gasteiger partial charge < -0.3 is 5.32 Å². The van der Waals surface area contributed by atoms with Crippen molar-refractivity contribution in [3.8, 4) is 0 Å². The Labute approximate surface area is 95.6 Å². The second kappa shape index (κ2) is 4.77. The molecular weight excluding hydrogens is 210 g/mol. The molecule has 1 N–H and O–H groups in total. The van der Waals surface area contributed by atoms with Crippen LogP contribution in [0.4, 0.5) is 0 Å². The highest BCUT2D eigenvalue weighted by Crippen LogP contribution is 2.11. The molecule has 82 valence electrons. The maximum atomic E-state index is 11.7. The van der Waals surface area contributed by atoms with Crippen LogP contribution in [0.1, 0.15) is 31.1 Å². The molecule has 0 saturated heterocycles. The maximum absolute atomic E-state index is 11.7. The molecule has 1 rings (SSSR count). The molecule has 0 atom stereocenters. The summed E-state index contributed by atoms with van der Waals surface area (Å²) in [5, 5.41) is 3.74. The van der Waals surface area contributed by atoms with Crippen molar-refractivity contribution in [1.82, 2.24) is 5.32 Å². The Kier molecular flexibility index (Phi) is 3.89. The number of carbonyl (C=O) groups excluding carboxylic acids is 1. The van der Waals surface area contributed by atoms with Gasteiger partial charge in [-0.25, -0.2) is 0 Å². The highest BCUT2D eigenvalue weighted by Gasteiger charge is 2.12. The zero-order chi connectivity index (χ0) is 11.5. The van der Waals surface area contributed by atoms with Crippen molar-refractivity contribution in [1.29, 1.82) is 0 Å². The Hall–Kier alpha value is -0.860. The van der Waals surface area contributed by atoms with E-state index in [1.807, 2.05) is 20.8 Å². The van der Waals surface area contributed by atoms with Crippen molar-refractivity contribution in [3.05, 3.63) is 34.9 Å². The normalized spacial score (nSPS) is 11.5. The number of rotatable bonds is 3. The second-order valence-electron chi connectivity index (χ2n) is 4.54. The van der Waals surface area contributed by atoms with Gasteiger partial charge in [0.25, 0.3) is 0 Å². The lowest BCUT2D eigenvalue weighted by molar-refractivity contribution is 0.0982. The fraction of sp³-hybridized carbons (Fsp3) is 0.417. The number of benzene rings is 1. The number of hydrogen-bond acceptors (Lipinski definition) is 2. The van der Waals surface area contributed by atoms with E-state index >= 15 is 0 Å². The zero-order valence-corrected chi connectivity index (χ0v) is 10.1. The third-order valence-electron chi connectivity index (χ3n) is 1.93. The first kappa shape index (κ1) is 12.2. The zero-order valence-electron chi connectivity index (χ0n) is 9.30. The van der Waals surface area contributed by atoms with Crippen LogP contribution < -0.4 is 5.32 Å². The van der Waals surface area contributed by atoms with Crippen LogP contribution in [0.2, 0.25) is 5.02 Å². The van der Waals surface area contributed by atoms with E-state index in [-0.39, 0.29) is 11.3 Å². The number of ketones is 1. The molecule has 0 aromatic heterocycles. The van der Waals surface area contributed by atoms with Gasteiger partial charge in [-0.2, -0.15) is 0 Å². The number of halogens is 1. The SMILES string of the molecule is CC(C)(C)NCC(=O)c1cccc(Cl)c1. The fourth-order valence-corrected chi connectivity index (χ4v) is 1.30. The van der Waals surface area contributed by atoms with Gasteiger partial charge in [-0.05, 0) is 32.9 Å². The summed E-state index contributed by atoms with van der Waals surface area (Å²) in [5.41, 5.74) is 0.605. The van der Waals surface area contributed by atoms with Crippen molar-refractivity contribution in [2.45, 2.75) is 26.3 Å². The standard InChI is InChI=1S/C12H16ClNO/c1-12(2,3)14-8-11(15)9-5-4-6-10(13)7-9/h4-7,14H,8H2,1-3H3. The first-order valence-corrected chi connectivity index (χ1v) is 5.30. The van der Waals surface area contributed by atoms with Crippen molar-refractivity contribution in [3.63, 3.8) is 0 Å². The molecule has 0 saturated carbocycles. The summed E-state index contributed by atoms with van der Waals surface area (Å²) in [7, 11) is 0. The van der Waals surface area contributed by atoms with Crippen LogP contribution >= 0.6 is 11.6 Å². The molecule has 0 bridgehead atoms. The first-order chi connectivity index (χ1) is 6.88. The molecule has 0 heterocycles. The summed E-state index contributed by atoms with van der Waals surface area (Å²) >= 11 is 5.81. The molecule has 0 spiro atoms. The maximum Gasteiger partial charge on any atom is 0.176 e. The summed E-state index contributed by atoms with van der Waals surface area (Å²) in [6.07, 6.45) is 0. The topological polar surface area (TPSA) is 29.1 Å². The van der Waals surface area contributed by atoms with Crippen LogP contribution in [-0.2, 0) is 0 Å². The molecule has 0 aliphatic rings. The Balaban J connectivity index is 2.62. The predicted octanol–water partition coefficient (Wildman–Crippen LogP) is 2.91. The van der Waals surface area contributed by atoms with Gasteiger partial charge in [0.1, 0.15) is 0 Å². The monoisotopic (exact) mass is 225 g/mol. The van der Waals surface area contributed by atoms with Crippen LogP contribution in [0.15, 0.2) is 24.3 Å². The lowest BCUT2D eigenvalue weighted by Gasteiger charge is -2.19. The van der Waals surface area contributed by atoms with Gasteiger partial charge in [-0.15, -0.1) is 0 Å². The highest BCUT2D eigenvalue weighted by molar-refractivity contribution is 6.31. The smallest absolute Gasteiger partial charge is 0.176 e. The van der Waals surface area contributed by atoms with E-state index in [0.29, 0.717) is 17.1 Å². The first-order valence-electron chi connectivity index (χ1n) is 4.92. The third kappa shape index (κ3) is 4.45. The lowest BCUT2D eigenvalue weighted by atomic mass is 10.1. The average Bonchev–Trinajstić information content (AvgIpc) is 2.13. The van der Waals surface area contributed by atoms with Gasteiger partial charge in [-0.3, -0.25) is 4.79 Å². The van der Waals surface area contributed by atoms with Gasteiger partial charge in [-0.1, -0.05) is 23.7 Å². The molecule has 2 nitrogen and oxygen atoms in total. The van der Waals surface area contributed by atoms with Crippen LogP contribution in [0.3, 0.4) is 0 Å². The summed E-state index contributed by atoms with van der Waals surface area (Å²) < 4.78 is 0. The quantitative estimate of drug-likeness (QED) is 0.802. The van der Waals surface area contributed by atoms with Crippen LogP contribution in [0.5, 0.6) is 0 Å². The van der Waals surface area contributed by atoms with Crippen molar-refractivity contribution in [2.75, 3.05) is 6.54 Å². The average molecular weight is 226 g/mol. The third-order valence-corrected chi connectivity index (χ3v) is 2.16. The van der Waals surface area contributed by atoms with E-state index < -0.39 is 0 Å². The molecule has 0 amide bonds. The molecule has 3 heteroatoms. The molecule has 0 radical (unpaired) electrons. The van der Waals surface area contributed by atoms with E-state index in [4.69, 9.17) is 11.6 Å². The molecule has 0 aliphatic heterocycles. The number of Topliss-reactive ketones (excluding diaryl/α,β-unsaturated/α-hetero) is 1. The molecule has 15 heavy (non-hydrogen) atoms. The van der Waals surface area contributed by atoms with Crippen molar-refractivity contribution in [2.24, 2.45) is 0 Å². The molecule has 0 aliphatic carbocycles. The minimum absolute atomic E-state index is 0.0474. The van der Waals surface area contributed by atoms with E-state index in [1.54, 1.807) is 24.3 Å². The van der Waals surface area contributed by atoms with Gasteiger partial charge >= 0.3 is 0 Å². The molecule has 0 fully saturated rings. The Morgan fingerprint density at radius 3 is 2.60 bits per heavy atom. The number of hydrogen-bond donors (Lipinski definition) is 1. The Morgan fingerprint density at radius 2 is 2.07 bits per heavy atom. The molecule has 1 aromatic carbocycles. The van der Waals surface area contributed by atoms with Gasteiger partial charge in [0.15, 0.2) is 5.78 Å². The summed E-state index contributed by atoms with van der Waals surface area (Å²) in [6, 6.07) is 7.01. The van der Waals surface area contributed by atoms with Crippen molar-refractivity contribution < 1.29 is 4.79 Å². The van der Waals surface area contributed by atoms with Gasteiger partial charge in [0.05, 0.1) is 6.54 Å². The summed E-state index contributed by atoms with van der Waals surface area (Å²) in [6.45, 7) is 6.42. The molecular formula is C12H16ClNO. The van der Waals surface area contributed by atoms with E-state index in [0.717, 1.165) is 0 Å². The fourth-order valence-electron chi connectivity index (χ4n) is 1.11. The van der Waals surface area contributed by atoms with E-state index in [9.17, 15) is 4.79 Å². The molecule has 1 aromatic rings. The highest BCUT2D eigenvalue weighted by atomic mass is 35.5. The molecule has 0 unspecified atom stereocenters. The number of nitrogens with one attached hydrogen (secondary N) is 1. The van der Waals surface area contributed by atoms with E-state index in [2.05, 4.69) is 5.32 Å². The lowest BCUT2D eigenvalue weighted by Crippen LogP contribution is -2.39. The second-order valence-corrected chi connectivity index (χ2v) is 4.97. The Morgan fingerprint density at radius 1 is 1.40 bits per heavy atom. The summed E-state index contributed by atoms with van der Waals surface area (Å²) in [5.74, 6) is 0.0624. The number of carbonyl (C=O) groups is 1. The van der Waals surface area contributed by atoms with Crippen molar-refractivity contribution >= 4 is 17.4 Å². The predicted molar refractivity (Wildman–Crippen MR) is 63.5 cm³/mol. The summed E-state index contributed by atoms with van der Waals surface area (Å²) in [4.78, 5) is 11.7. The van der Waals surface area contributed by atoms with Gasteiger partial charge in [0, 0.05) is 16.1 Å². The Bertz CT molecular complexity index is 355. The minimum atomic E-state index is -0.0474. The van der Waals surface area contributed by atoms with Crippen LogP contribution in [0.25, 0.3) is 0 Å².